The number of rotatable bonds is 5. The molecule has 7 nitrogen and oxygen atoms in total. The van der Waals surface area contributed by atoms with Crippen LogP contribution in [0.3, 0.4) is 0 Å². The van der Waals surface area contributed by atoms with E-state index in [-0.39, 0.29) is 11.8 Å². The quantitative estimate of drug-likeness (QED) is 0.747. The monoisotopic (exact) mass is 436 g/mol. The molecular weight excluding hydrogens is 412 g/mol. The van der Waals surface area contributed by atoms with E-state index in [1.54, 1.807) is 36.9 Å². The normalized spacial score (nSPS) is 14.6. The first-order chi connectivity index (χ1) is 13.8. The van der Waals surface area contributed by atoms with Crippen LogP contribution in [0.25, 0.3) is 0 Å². The van der Waals surface area contributed by atoms with E-state index in [0.717, 1.165) is 24.3 Å². The summed E-state index contributed by atoms with van der Waals surface area (Å²) < 4.78 is 26.0. The Bertz CT molecular complexity index is 989. The second-order valence-electron chi connectivity index (χ2n) is 6.92. The molecule has 0 spiro atoms. The van der Waals surface area contributed by atoms with Crippen molar-refractivity contribution in [1.82, 2.24) is 4.90 Å². The number of anilines is 3. The molecule has 156 valence electrons. The van der Waals surface area contributed by atoms with E-state index in [9.17, 15) is 13.2 Å². The van der Waals surface area contributed by atoms with Crippen LogP contribution in [0, 0.1) is 6.92 Å². The van der Waals surface area contributed by atoms with Crippen molar-refractivity contribution in [3.8, 4) is 0 Å². The summed E-state index contributed by atoms with van der Waals surface area (Å²) in [6.07, 6.45) is 0. The van der Waals surface area contributed by atoms with Gasteiger partial charge in [0.15, 0.2) is 0 Å². The Morgan fingerprint density at radius 1 is 1.10 bits per heavy atom. The molecule has 0 unspecified atom stereocenters. The summed E-state index contributed by atoms with van der Waals surface area (Å²) in [7, 11) is -3.34. The highest BCUT2D eigenvalue weighted by Crippen LogP contribution is 2.23. The molecule has 0 aromatic heterocycles. The minimum absolute atomic E-state index is 0.00604. The first-order valence-electron chi connectivity index (χ1n) is 9.45. The van der Waals surface area contributed by atoms with Crippen LogP contribution in [0.15, 0.2) is 42.5 Å². The lowest BCUT2D eigenvalue weighted by Crippen LogP contribution is -2.50. The van der Waals surface area contributed by atoms with E-state index < -0.39 is 10.0 Å². The van der Waals surface area contributed by atoms with Crippen LogP contribution in [0.1, 0.15) is 12.5 Å². The van der Waals surface area contributed by atoms with Gasteiger partial charge >= 0.3 is 6.03 Å². The molecule has 29 heavy (non-hydrogen) atoms. The number of carbonyl (C=O) groups excluding carboxylic acids is 1. The number of aryl methyl sites for hydroxylation is 1. The summed E-state index contributed by atoms with van der Waals surface area (Å²) in [5.74, 6) is 0.00604. The highest BCUT2D eigenvalue weighted by Gasteiger charge is 2.21. The molecule has 3 rings (SSSR count). The van der Waals surface area contributed by atoms with Crippen LogP contribution in [0.5, 0.6) is 0 Å². The van der Waals surface area contributed by atoms with Crippen molar-refractivity contribution in [2.24, 2.45) is 0 Å². The largest absolute Gasteiger partial charge is 0.368 e. The summed E-state index contributed by atoms with van der Waals surface area (Å²) in [5, 5.41) is 3.59. The summed E-state index contributed by atoms with van der Waals surface area (Å²) in [6.45, 7) is 6.04. The van der Waals surface area contributed by atoms with Crippen molar-refractivity contribution in [1.29, 1.82) is 0 Å². The Morgan fingerprint density at radius 3 is 2.45 bits per heavy atom. The lowest BCUT2D eigenvalue weighted by Gasteiger charge is -2.36. The molecule has 0 aliphatic carbocycles. The smallest absolute Gasteiger partial charge is 0.321 e. The van der Waals surface area contributed by atoms with Gasteiger partial charge in [-0.3, -0.25) is 4.72 Å². The predicted molar refractivity (Wildman–Crippen MR) is 119 cm³/mol. The van der Waals surface area contributed by atoms with Crippen LogP contribution in [-0.4, -0.2) is 51.3 Å². The molecule has 0 radical (unpaired) electrons. The first kappa shape index (κ1) is 21.3. The number of urea groups is 1. The third-order valence-electron chi connectivity index (χ3n) is 4.86. The van der Waals surface area contributed by atoms with E-state index >= 15 is 0 Å². The second kappa shape index (κ2) is 8.92. The van der Waals surface area contributed by atoms with Gasteiger partial charge in [0.25, 0.3) is 0 Å². The van der Waals surface area contributed by atoms with Crippen LogP contribution >= 0.6 is 11.6 Å². The van der Waals surface area contributed by atoms with Crippen molar-refractivity contribution in [2.75, 3.05) is 46.9 Å². The molecular formula is C20H25ClN4O3S. The fourth-order valence-corrected chi connectivity index (χ4v) is 4.03. The molecule has 1 saturated heterocycles. The number of hydrogen-bond acceptors (Lipinski definition) is 4. The third-order valence-corrected chi connectivity index (χ3v) is 6.39. The molecule has 2 aromatic rings. The SMILES string of the molecule is CCS(=O)(=O)Nc1ccc(NC(=O)N2CCN(c3cccc(Cl)c3)CC2)cc1C. The van der Waals surface area contributed by atoms with Crippen molar-refractivity contribution in [2.45, 2.75) is 13.8 Å². The van der Waals surface area contributed by atoms with Gasteiger partial charge in [-0.05, 0) is 55.8 Å². The van der Waals surface area contributed by atoms with Crippen molar-refractivity contribution in [3.05, 3.63) is 53.1 Å². The van der Waals surface area contributed by atoms with Gasteiger partial charge in [0.1, 0.15) is 0 Å². The summed E-state index contributed by atoms with van der Waals surface area (Å²) in [4.78, 5) is 16.6. The van der Waals surface area contributed by atoms with Crippen LogP contribution in [0.4, 0.5) is 21.9 Å². The number of sulfonamides is 1. The molecule has 2 N–H and O–H groups in total. The van der Waals surface area contributed by atoms with E-state index in [4.69, 9.17) is 11.6 Å². The van der Waals surface area contributed by atoms with Gasteiger partial charge in [0, 0.05) is 42.6 Å². The number of nitrogens with zero attached hydrogens (tertiary/aromatic N) is 2. The van der Waals surface area contributed by atoms with Gasteiger partial charge in [-0.15, -0.1) is 0 Å². The van der Waals surface area contributed by atoms with Crippen LogP contribution in [-0.2, 0) is 10.0 Å². The minimum atomic E-state index is -3.34. The fourth-order valence-electron chi connectivity index (χ4n) is 3.14. The highest BCUT2D eigenvalue weighted by atomic mass is 35.5. The number of halogens is 1. The molecule has 2 aromatic carbocycles. The van der Waals surface area contributed by atoms with Crippen molar-refractivity contribution < 1.29 is 13.2 Å². The van der Waals surface area contributed by atoms with Gasteiger partial charge < -0.3 is 15.1 Å². The minimum Gasteiger partial charge on any atom is -0.368 e. The molecule has 2 amide bonds. The van der Waals surface area contributed by atoms with Gasteiger partial charge in [-0.1, -0.05) is 17.7 Å². The number of piperazine rings is 1. The van der Waals surface area contributed by atoms with Crippen LogP contribution in [0.2, 0.25) is 5.02 Å². The van der Waals surface area contributed by atoms with Crippen molar-refractivity contribution >= 4 is 44.7 Å². The highest BCUT2D eigenvalue weighted by molar-refractivity contribution is 7.92. The average molecular weight is 437 g/mol. The zero-order valence-electron chi connectivity index (χ0n) is 16.5. The van der Waals surface area contributed by atoms with Gasteiger partial charge in [-0.25, -0.2) is 13.2 Å². The Morgan fingerprint density at radius 2 is 1.83 bits per heavy atom. The number of amides is 2. The van der Waals surface area contributed by atoms with E-state index in [1.165, 1.54) is 0 Å². The average Bonchev–Trinajstić information content (AvgIpc) is 2.70. The maximum absolute atomic E-state index is 12.6. The maximum Gasteiger partial charge on any atom is 0.321 e. The van der Waals surface area contributed by atoms with Gasteiger partial charge in [0.05, 0.1) is 11.4 Å². The lowest BCUT2D eigenvalue weighted by atomic mass is 10.2. The molecule has 0 atom stereocenters. The first-order valence-corrected chi connectivity index (χ1v) is 11.5. The van der Waals surface area contributed by atoms with E-state index in [0.29, 0.717) is 29.5 Å². The maximum atomic E-state index is 12.6. The molecule has 1 aliphatic heterocycles. The summed E-state index contributed by atoms with van der Waals surface area (Å²) in [6, 6.07) is 12.6. The predicted octanol–water partition coefficient (Wildman–Crippen LogP) is 3.76. The molecule has 1 aliphatic rings. The molecule has 1 fully saturated rings. The van der Waals surface area contributed by atoms with E-state index in [1.807, 2.05) is 24.3 Å². The molecule has 0 saturated carbocycles. The fraction of sp³-hybridized carbons (Fsp3) is 0.350. The standard InChI is InChI=1S/C20H25ClN4O3S/c1-3-29(27,28)23-19-8-7-17(13-15(19)2)22-20(26)25-11-9-24(10-12-25)18-6-4-5-16(21)14-18/h4-8,13-14,23H,3,9-12H2,1-2H3,(H,22,26). The van der Waals surface area contributed by atoms with Crippen molar-refractivity contribution in [3.63, 3.8) is 0 Å². The Balaban J connectivity index is 1.58. The Hall–Kier alpha value is -2.45. The third kappa shape index (κ3) is 5.55. The molecule has 0 bridgehead atoms. The topological polar surface area (TPSA) is 81.8 Å². The van der Waals surface area contributed by atoms with Gasteiger partial charge in [0.2, 0.25) is 10.0 Å². The van der Waals surface area contributed by atoms with Gasteiger partial charge in [-0.2, -0.15) is 0 Å². The Labute approximate surface area is 176 Å². The summed E-state index contributed by atoms with van der Waals surface area (Å²) >= 11 is 6.06. The molecule has 1 heterocycles. The lowest BCUT2D eigenvalue weighted by molar-refractivity contribution is 0.208. The zero-order valence-corrected chi connectivity index (χ0v) is 18.1. The number of nitrogens with one attached hydrogen (secondary N) is 2. The number of hydrogen-bond donors (Lipinski definition) is 2. The molecule has 9 heteroatoms. The van der Waals surface area contributed by atoms with E-state index in [2.05, 4.69) is 14.9 Å². The Kier molecular flexibility index (Phi) is 6.54. The number of benzene rings is 2. The zero-order chi connectivity index (χ0) is 21.0. The number of carbonyl (C=O) groups is 1. The second-order valence-corrected chi connectivity index (χ2v) is 9.37. The summed E-state index contributed by atoms with van der Waals surface area (Å²) in [5.41, 5.74) is 2.94. The van der Waals surface area contributed by atoms with Crippen LogP contribution < -0.4 is 14.9 Å².